The summed E-state index contributed by atoms with van der Waals surface area (Å²) >= 11 is 0. The highest BCUT2D eigenvalue weighted by molar-refractivity contribution is 5.74. The van der Waals surface area contributed by atoms with Gasteiger partial charge in [0.15, 0.2) is 6.29 Å². The number of carbonyl (C=O) groups excluding carboxylic acids is 1. The molecule has 0 bridgehead atoms. The van der Waals surface area contributed by atoms with Gasteiger partial charge in [-0.15, -0.1) is 0 Å². The first kappa shape index (κ1) is 12.3. The van der Waals surface area contributed by atoms with Crippen molar-refractivity contribution in [1.82, 2.24) is 10.2 Å². The summed E-state index contributed by atoms with van der Waals surface area (Å²) < 4.78 is 10.1. The van der Waals surface area contributed by atoms with Crippen molar-refractivity contribution in [3.8, 4) is 0 Å². The van der Waals surface area contributed by atoms with Gasteiger partial charge in [0.1, 0.15) is 0 Å². The van der Waals surface area contributed by atoms with E-state index in [1.807, 2.05) is 11.8 Å². The van der Waals surface area contributed by atoms with Gasteiger partial charge in [0, 0.05) is 27.3 Å². The molecule has 5 heteroatoms. The summed E-state index contributed by atoms with van der Waals surface area (Å²) in [6.45, 7) is 3.57. The number of nitrogens with one attached hydrogen (secondary N) is 1. The lowest BCUT2D eigenvalue weighted by molar-refractivity contribution is -0.117. The predicted octanol–water partition coefficient (Wildman–Crippen LogP) is 0.799. The molecule has 1 aliphatic rings. The van der Waals surface area contributed by atoms with Gasteiger partial charge in [0.2, 0.25) is 0 Å². The number of methoxy groups -OCH3 is 2. The second kappa shape index (κ2) is 5.92. The van der Waals surface area contributed by atoms with Gasteiger partial charge in [-0.1, -0.05) is 0 Å². The fraction of sp³-hybridized carbons (Fsp3) is 0.900. The van der Waals surface area contributed by atoms with Crippen LogP contribution in [0.5, 0.6) is 0 Å². The Kier molecular flexibility index (Phi) is 4.84. The number of urea groups is 1. The van der Waals surface area contributed by atoms with Crippen molar-refractivity contribution < 1.29 is 14.3 Å². The molecule has 1 heterocycles. The quantitative estimate of drug-likeness (QED) is 0.707. The molecule has 0 spiro atoms. The standard InChI is InChI=1S/C10H20N2O3/c1-8(9(14-2)15-3)11-10(13)12-6-4-5-7-12/h8-9H,4-7H2,1-3H3,(H,11,13). The van der Waals surface area contributed by atoms with E-state index < -0.39 is 6.29 Å². The Hall–Kier alpha value is -0.810. The maximum Gasteiger partial charge on any atom is 0.317 e. The van der Waals surface area contributed by atoms with Crippen molar-refractivity contribution in [3.05, 3.63) is 0 Å². The minimum absolute atomic E-state index is 0.0286. The van der Waals surface area contributed by atoms with E-state index in [2.05, 4.69) is 5.32 Å². The fourth-order valence-electron chi connectivity index (χ4n) is 1.78. The molecule has 5 nitrogen and oxygen atoms in total. The molecule has 88 valence electrons. The van der Waals surface area contributed by atoms with E-state index in [1.165, 1.54) is 0 Å². The summed E-state index contributed by atoms with van der Waals surface area (Å²) in [6, 6.07) is -0.174. The van der Waals surface area contributed by atoms with Gasteiger partial charge >= 0.3 is 6.03 Å². The summed E-state index contributed by atoms with van der Waals surface area (Å²) in [5, 5.41) is 2.86. The Morgan fingerprint density at radius 1 is 1.27 bits per heavy atom. The summed E-state index contributed by atoms with van der Waals surface area (Å²) in [6.07, 6.45) is 1.80. The molecule has 0 aromatic carbocycles. The first-order valence-electron chi connectivity index (χ1n) is 5.30. The SMILES string of the molecule is COC(OC)C(C)NC(=O)N1CCCC1. The summed E-state index contributed by atoms with van der Waals surface area (Å²) in [4.78, 5) is 13.5. The maximum absolute atomic E-state index is 11.7. The number of rotatable bonds is 4. The predicted molar refractivity (Wildman–Crippen MR) is 56.6 cm³/mol. The van der Waals surface area contributed by atoms with Crippen LogP contribution in [0.15, 0.2) is 0 Å². The van der Waals surface area contributed by atoms with Crippen molar-refractivity contribution in [2.75, 3.05) is 27.3 Å². The number of ether oxygens (including phenoxy) is 2. The molecule has 0 radical (unpaired) electrons. The largest absolute Gasteiger partial charge is 0.354 e. The minimum Gasteiger partial charge on any atom is -0.354 e. The molecule has 1 fully saturated rings. The Morgan fingerprint density at radius 3 is 2.27 bits per heavy atom. The van der Waals surface area contributed by atoms with E-state index in [4.69, 9.17) is 9.47 Å². The van der Waals surface area contributed by atoms with Crippen LogP contribution in [0.1, 0.15) is 19.8 Å². The topological polar surface area (TPSA) is 50.8 Å². The van der Waals surface area contributed by atoms with Gasteiger partial charge in [-0.25, -0.2) is 4.79 Å². The lowest BCUT2D eigenvalue weighted by Gasteiger charge is -2.25. The molecule has 0 aliphatic carbocycles. The van der Waals surface area contributed by atoms with Crippen LogP contribution in [0.4, 0.5) is 4.79 Å². The van der Waals surface area contributed by atoms with E-state index >= 15 is 0 Å². The highest BCUT2D eigenvalue weighted by Gasteiger charge is 2.23. The van der Waals surface area contributed by atoms with Crippen LogP contribution >= 0.6 is 0 Å². The molecular formula is C10H20N2O3. The summed E-state index contributed by atoms with van der Waals surface area (Å²) in [5.74, 6) is 0. The van der Waals surface area contributed by atoms with E-state index in [0.29, 0.717) is 0 Å². The summed E-state index contributed by atoms with van der Waals surface area (Å²) in [5.41, 5.74) is 0. The zero-order valence-corrected chi connectivity index (χ0v) is 9.66. The number of hydrogen-bond acceptors (Lipinski definition) is 3. The zero-order chi connectivity index (χ0) is 11.3. The Labute approximate surface area is 90.7 Å². The molecule has 1 N–H and O–H groups in total. The third-order valence-electron chi connectivity index (χ3n) is 2.62. The third-order valence-corrected chi connectivity index (χ3v) is 2.62. The van der Waals surface area contributed by atoms with Crippen LogP contribution in [0.2, 0.25) is 0 Å². The van der Waals surface area contributed by atoms with E-state index in [9.17, 15) is 4.79 Å². The number of nitrogens with zero attached hydrogens (tertiary/aromatic N) is 1. The van der Waals surface area contributed by atoms with Crippen LogP contribution in [-0.2, 0) is 9.47 Å². The molecular weight excluding hydrogens is 196 g/mol. The molecule has 1 unspecified atom stereocenters. The second-order valence-corrected chi connectivity index (χ2v) is 3.77. The molecule has 0 aromatic heterocycles. The van der Waals surface area contributed by atoms with Crippen molar-refractivity contribution in [2.24, 2.45) is 0 Å². The zero-order valence-electron chi connectivity index (χ0n) is 9.66. The molecule has 2 amide bonds. The highest BCUT2D eigenvalue weighted by Crippen LogP contribution is 2.08. The Bertz CT molecular complexity index is 201. The molecule has 1 atom stereocenters. The normalized spacial score (nSPS) is 18.3. The van der Waals surface area contributed by atoms with Crippen LogP contribution in [0, 0.1) is 0 Å². The van der Waals surface area contributed by atoms with Crippen molar-refractivity contribution in [2.45, 2.75) is 32.1 Å². The van der Waals surface area contributed by atoms with E-state index in [-0.39, 0.29) is 12.1 Å². The molecule has 1 aliphatic heterocycles. The molecule has 0 aromatic rings. The van der Waals surface area contributed by atoms with E-state index in [1.54, 1.807) is 14.2 Å². The average Bonchev–Trinajstić information content (AvgIpc) is 2.72. The summed E-state index contributed by atoms with van der Waals surface area (Å²) in [7, 11) is 3.12. The van der Waals surface area contributed by atoms with Crippen LogP contribution < -0.4 is 5.32 Å². The van der Waals surface area contributed by atoms with Gasteiger partial charge in [-0.3, -0.25) is 0 Å². The van der Waals surface area contributed by atoms with Gasteiger partial charge in [0.25, 0.3) is 0 Å². The maximum atomic E-state index is 11.7. The molecule has 15 heavy (non-hydrogen) atoms. The Morgan fingerprint density at radius 2 is 1.80 bits per heavy atom. The number of carbonyl (C=O) groups is 1. The van der Waals surface area contributed by atoms with Crippen LogP contribution in [0.25, 0.3) is 0 Å². The van der Waals surface area contributed by atoms with Crippen LogP contribution in [-0.4, -0.2) is 50.6 Å². The second-order valence-electron chi connectivity index (χ2n) is 3.77. The lowest BCUT2D eigenvalue weighted by Crippen LogP contribution is -2.48. The van der Waals surface area contributed by atoms with Gasteiger partial charge in [-0.05, 0) is 19.8 Å². The first-order valence-corrected chi connectivity index (χ1v) is 5.30. The third kappa shape index (κ3) is 3.35. The van der Waals surface area contributed by atoms with Crippen LogP contribution in [0.3, 0.4) is 0 Å². The van der Waals surface area contributed by atoms with Gasteiger partial charge < -0.3 is 19.7 Å². The number of hydrogen-bond donors (Lipinski definition) is 1. The first-order chi connectivity index (χ1) is 7.19. The molecule has 0 saturated carbocycles. The fourth-order valence-corrected chi connectivity index (χ4v) is 1.78. The number of amides is 2. The van der Waals surface area contributed by atoms with E-state index in [0.717, 1.165) is 25.9 Å². The van der Waals surface area contributed by atoms with Crippen molar-refractivity contribution in [1.29, 1.82) is 0 Å². The average molecular weight is 216 g/mol. The van der Waals surface area contributed by atoms with Crippen molar-refractivity contribution in [3.63, 3.8) is 0 Å². The van der Waals surface area contributed by atoms with Crippen molar-refractivity contribution >= 4 is 6.03 Å². The monoisotopic (exact) mass is 216 g/mol. The number of likely N-dealkylation sites (tertiary alicyclic amines) is 1. The Balaban J connectivity index is 2.35. The highest BCUT2D eigenvalue weighted by atomic mass is 16.7. The van der Waals surface area contributed by atoms with Gasteiger partial charge in [0.05, 0.1) is 6.04 Å². The molecule has 1 saturated heterocycles. The molecule has 1 rings (SSSR count). The lowest BCUT2D eigenvalue weighted by atomic mass is 10.3. The van der Waals surface area contributed by atoms with Gasteiger partial charge in [-0.2, -0.15) is 0 Å². The smallest absolute Gasteiger partial charge is 0.317 e. The minimum atomic E-state index is -0.392.